The van der Waals surface area contributed by atoms with Gasteiger partial charge in [0.25, 0.3) is 0 Å². The average Bonchev–Trinajstić information content (AvgIpc) is 2.83. The monoisotopic (exact) mass is 227 g/mol. The summed E-state index contributed by atoms with van der Waals surface area (Å²) in [5, 5.41) is 1.35. The van der Waals surface area contributed by atoms with Crippen molar-refractivity contribution in [3.05, 3.63) is 15.6 Å². The van der Waals surface area contributed by atoms with E-state index in [1.807, 2.05) is 11.3 Å². The summed E-state index contributed by atoms with van der Waals surface area (Å²) in [7, 11) is 0. The molecule has 1 fully saturated rings. The summed E-state index contributed by atoms with van der Waals surface area (Å²) >= 11 is 6.25. The van der Waals surface area contributed by atoms with Gasteiger partial charge in [-0.2, -0.15) is 12.6 Å². The Morgan fingerprint density at radius 1 is 1.43 bits per heavy atom. The molecule has 1 saturated carbocycles. The van der Waals surface area contributed by atoms with Crippen LogP contribution in [0.25, 0.3) is 0 Å². The fourth-order valence-electron chi connectivity index (χ4n) is 1.57. The van der Waals surface area contributed by atoms with Gasteiger partial charge < -0.3 is 0 Å². The Labute approximate surface area is 95.4 Å². The number of hydrogen-bond donors (Lipinski definition) is 1. The van der Waals surface area contributed by atoms with Crippen molar-refractivity contribution in [2.45, 2.75) is 50.7 Å². The Kier molecular flexibility index (Phi) is 2.64. The van der Waals surface area contributed by atoms with Crippen molar-refractivity contribution in [3.8, 4) is 0 Å². The number of aromatic nitrogens is 1. The Bertz CT molecular complexity index is 332. The van der Waals surface area contributed by atoms with Crippen LogP contribution in [0.1, 0.15) is 55.1 Å². The van der Waals surface area contributed by atoms with Crippen LogP contribution in [0.5, 0.6) is 0 Å². The van der Waals surface area contributed by atoms with E-state index in [-0.39, 0.29) is 5.41 Å². The summed E-state index contributed by atoms with van der Waals surface area (Å²) in [5.41, 5.74) is 1.43. The minimum Gasteiger partial charge on any atom is -0.245 e. The summed E-state index contributed by atoms with van der Waals surface area (Å²) in [6, 6.07) is 0. The fraction of sp³-hybridized carbons (Fsp3) is 0.727. The van der Waals surface area contributed by atoms with Gasteiger partial charge in [-0.25, -0.2) is 4.98 Å². The van der Waals surface area contributed by atoms with Gasteiger partial charge >= 0.3 is 0 Å². The van der Waals surface area contributed by atoms with Gasteiger partial charge in [-0.05, 0) is 12.8 Å². The zero-order valence-corrected chi connectivity index (χ0v) is 10.7. The molecule has 0 aromatic carbocycles. The molecule has 3 heteroatoms. The van der Waals surface area contributed by atoms with Gasteiger partial charge in [-0.1, -0.05) is 20.8 Å². The maximum absolute atomic E-state index is 4.78. The molecule has 0 spiro atoms. The predicted molar refractivity (Wildman–Crippen MR) is 65.5 cm³/mol. The van der Waals surface area contributed by atoms with Crippen molar-refractivity contribution in [2.75, 3.05) is 0 Å². The molecule has 1 aromatic heterocycles. The molecule has 78 valence electrons. The van der Waals surface area contributed by atoms with Crippen LogP contribution >= 0.6 is 24.0 Å². The van der Waals surface area contributed by atoms with E-state index < -0.39 is 0 Å². The van der Waals surface area contributed by atoms with Crippen molar-refractivity contribution in [1.29, 1.82) is 0 Å². The lowest BCUT2D eigenvalue weighted by Crippen LogP contribution is -2.13. The molecule has 0 atom stereocenters. The van der Waals surface area contributed by atoms with Gasteiger partial charge in [-0.3, -0.25) is 0 Å². The van der Waals surface area contributed by atoms with E-state index in [0.29, 0.717) is 0 Å². The van der Waals surface area contributed by atoms with E-state index in [2.05, 4.69) is 33.4 Å². The van der Waals surface area contributed by atoms with Crippen molar-refractivity contribution in [3.63, 3.8) is 0 Å². The first-order valence-electron chi connectivity index (χ1n) is 5.13. The second kappa shape index (κ2) is 3.53. The highest BCUT2D eigenvalue weighted by atomic mass is 32.1. The lowest BCUT2D eigenvalue weighted by atomic mass is 9.91. The minimum atomic E-state index is 0.168. The molecule has 0 amide bonds. The van der Waals surface area contributed by atoms with Gasteiger partial charge in [-0.15, -0.1) is 11.3 Å². The molecular weight excluding hydrogens is 210 g/mol. The first-order valence-corrected chi connectivity index (χ1v) is 6.58. The molecule has 1 aliphatic rings. The van der Waals surface area contributed by atoms with Crippen LogP contribution in [0.15, 0.2) is 0 Å². The van der Waals surface area contributed by atoms with Crippen LogP contribution in [-0.4, -0.2) is 4.98 Å². The SMILES string of the molecule is CC(C)(C)c1nc(C2CC2)sc1CS. The molecular formula is C11H17NS2. The molecule has 0 saturated heterocycles. The second-order valence-electron chi connectivity index (χ2n) is 5.01. The Morgan fingerprint density at radius 2 is 2.07 bits per heavy atom. The number of thiazole rings is 1. The second-order valence-corrected chi connectivity index (χ2v) is 6.44. The Morgan fingerprint density at radius 3 is 2.43 bits per heavy atom. The van der Waals surface area contributed by atoms with Crippen molar-refractivity contribution >= 4 is 24.0 Å². The molecule has 0 radical (unpaired) electrons. The molecule has 2 rings (SSSR count). The summed E-state index contributed by atoms with van der Waals surface area (Å²) in [6.45, 7) is 6.68. The molecule has 1 aromatic rings. The average molecular weight is 227 g/mol. The lowest BCUT2D eigenvalue weighted by molar-refractivity contribution is 0.567. The van der Waals surface area contributed by atoms with Crippen LogP contribution < -0.4 is 0 Å². The predicted octanol–water partition coefficient (Wildman–Crippen LogP) is 3.75. The molecule has 0 aliphatic heterocycles. The molecule has 0 bridgehead atoms. The van der Waals surface area contributed by atoms with E-state index in [0.717, 1.165) is 11.7 Å². The van der Waals surface area contributed by atoms with Gasteiger partial charge in [0.05, 0.1) is 10.7 Å². The first-order chi connectivity index (χ1) is 6.52. The smallest absolute Gasteiger partial charge is 0.0962 e. The highest BCUT2D eigenvalue weighted by Gasteiger charge is 2.30. The van der Waals surface area contributed by atoms with E-state index in [4.69, 9.17) is 4.98 Å². The zero-order chi connectivity index (χ0) is 10.3. The molecule has 0 N–H and O–H groups in total. The zero-order valence-electron chi connectivity index (χ0n) is 9.00. The maximum atomic E-state index is 4.78. The van der Waals surface area contributed by atoms with Crippen LogP contribution in [0.2, 0.25) is 0 Å². The molecule has 14 heavy (non-hydrogen) atoms. The van der Waals surface area contributed by atoms with Gasteiger partial charge in [0, 0.05) is 22.0 Å². The van der Waals surface area contributed by atoms with E-state index in [1.165, 1.54) is 28.4 Å². The standard InChI is InChI=1S/C11H17NS2/c1-11(2,3)9-8(6-13)14-10(12-9)7-4-5-7/h7,13H,4-6H2,1-3H3. The van der Waals surface area contributed by atoms with Crippen LogP contribution in [0.4, 0.5) is 0 Å². The number of hydrogen-bond acceptors (Lipinski definition) is 3. The third kappa shape index (κ3) is 1.98. The largest absolute Gasteiger partial charge is 0.245 e. The van der Waals surface area contributed by atoms with Gasteiger partial charge in [0.2, 0.25) is 0 Å². The summed E-state index contributed by atoms with van der Waals surface area (Å²) in [5.74, 6) is 1.60. The number of nitrogens with zero attached hydrogens (tertiary/aromatic N) is 1. The van der Waals surface area contributed by atoms with Crippen molar-refractivity contribution in [2.24, 2.45) is 0 Å². The van der Waals surface area contributed by atoms with Crippen molar-refractivity contribution in [1.82, 2.24) is 4.98 Å². The maximum Gasteiger partial charge on any atom is 0.0962 e. The van der Waals surface area contributed by atoms with Crippen molar-refractivity contribution < 1.29 is 0 Å². The highest BCUT2D eigenvalue weighted by Crippen LogP contribution is 2.44. The summed E-state index contributed by atoms with van der Waals surface area (Å²) < 4.78 is 0. The highest BCUT2D eigenvalue weighted by molar-refractivity contribution is 7.79. The van der Waals surface area contributed by atoms with Gasteiger partial charge in [0.1, 0.15) is 0 Å². The normalized spacial score (nSPS) is 17.4. The van der Waals surface area contributed by atoms with Crippen LogP contribution in [-0.2, 0) is 11.2 Å². The number of rotatable bonds is 2. The third-order valence-corrected chi connectivity index (χ3v) is 4.24. The fourth-order valence-corrected chi connectivity index (χ4v) is 3.22. The third-order valence-electron chi connectivity index (χ3n) is 2.49. The van der Waals surface area contributed by atoms with Crippen LogP contribution in [0, 0.1) is 0 Å². The van der Waals surface area contributed by atoms with E-state index in [9.17, 15) is 0 Å². The molecule has 1 nitrogen and oxygen atoms in total. The Balaban J connectivity index is 2.37. The lowest BCUT2D eigenvalue weighted by Gasteiger charge is -2.16. The van der Waals surface area contributed by atoms with Crippen LogP contribution in [0.3, 0.4) is 0 Å². The topological polar surface area (TPSA) is 12.9 Å². The number of thiol groups is 1. The van der Waals surface area contributed by atoms with Gasteiger partial charge in [0.15, 0.2) is 0 Å². The summed E-state index contributed by atoms with van der Waals surface area (Å²) in [4.78, 5) is 6.15. The summed E-state index contributed by atoms with van der Waals surface area (Å²) in [6.07, 6.45) is 2.67. The molecule has 1 aliphatic carbocycles. The van der Waals surface area contributed by atoms with E-state index in [1.54, 1.807) is 0 Å². The molecule has 0 unspecified atom stereocenters. The Hall–Kier alpha value is -0.0200. The first kappa shape index (κ1) is 10.5. The molecule has 1 heterocycles. The van der Waals surface area contributed by atoms with E-state index >= 15 is 0 Å². The quantitative estimate of drug-likeness (QED) is 0.759. The minimum absolute atomic E-state index is 0.168.